The molecule has 6 heteroatoms. The minimum atomic E-state index is -0.438. The average Bonchev–Trinajstić information content (AvgIpc) is 3.26. The van der Waals surface area contributed by atoms with E-state index in [1.54, 1.807) is 60.7 Å². The maximum absolute atomic E-state index is 12.1. The molecule has 1 aliphatic heterocycles. The minimum absolute atomic E-state index is 0.398. The first-order valence-corrected chi connectivity index (χ1v) is 9.10. The first-order chi connectivity index (χ1) is 13.0. The van der Waals surface area contributed by atoms with E-state index in [4.69, 9.17) is 44.0 Å². The zero-order chi connectivity index (χ0) is 19.0. The fourth-order valence-electron chi connectivity index (χ4n) is 2.63. The van der Waals surface area contributed by atoms with Crippen molar-refractivity contribution in [1.29, 1.82) is 0 Å². The van der Waals surface area contributed by atoms with E-state index in [1.807, 2.05) is 6.07 Å². The molecule has 2 heterocycles. The van der Waals surface area contributed by atoms with Gasteiger partial charge in [0.15, 0.2) is 0 Å². The second-order valence-electron chi connectivity index (χ2n) is 5.84. The van der Waals surface area contributed by atoms with Gasteiger partial charge in [-0.2, -0.15) is 0 Å². The maximum Gasteiger partial charge on any atom is 0.343 e. The van der Waals surface area contributed by atoms with Crippen molar-refractivity contribution in [2.75, 3.05) is 0 Å². The molecule has 0 saturated carbocycles. The smallest absolute Gasteiger partial charge is 0.343 e. The van der Waals surface area contributed by atoms with Gasteiger partial charge in [0.25, 0.3) is 0 Å². The molecule has 1 aliphatic rings. The molecule has 0 amide bonds. The third kappa shape index (κ3) is 3.81. The van der Waals surface area contributed by atoms with Gasteiger partial charge in [-0.3, -0.25) is 0 Å². The molecule has 0 spiro atoms. The number of cyclic esters (lactones) is 1. The van der Waals surface area contributed by atoms with E-state index in [1.165, 1.54) is 0 Å². The number of halogens is 3. The monoisotopic (exact) mass is 416 g/mol. The fraction of sp³-hybridized carbons (Fsp3) is 0. The van der Waals surface area contributed by atoms with Crippen molar-refractivity contribution < 1.29 is 13.9 Å². The third-order valence-corrected chi connectivity index (χ3v) is 4.97. The Morgan fingerprint density at radius 1 is 0.815 bits per heavy atom. The molecule has 0 atom stereocenters. The van der Waals surface area contributed by atoms with Gasteiger partial charge < -0.3 is 9.15 Å². The summed E-state index contributed by atoms with van der Waals surface area (Å²) in [6, 6.07) is 15.9. The Balaban J connectivity index is 1.61. The van der Waals surface area contributed by atoms with E-state index in [0.29, 0.717) is 37.9 Å². The number of rotatable bonds is 3. The highest BCUT2D eigenvalue weighted by Gasteiger charge is 2.22. The van der Waals surface area contributed by atoms with E-state index in [-0.39, 0.29) is 0 Å². The highest BCUT2D eigenvalue weighted by Crippen LogP contribution is 2.32. The summed E-state index contributed by atoms with van der Waals surface area (Å²) in [5.41, 5.74) is 1.96. The van der Waals surface area contributed by atoms with Gasteiger partial charge >= 0.3 is 5.97 Å². The molecule has 3 nitrogen and oxygen atoms in total. The molecule has 0 radical (unpaired) electrons. The SMILES string of the molecule is O=C1OC(c2ccc(Cl)cc2)=C/C1=C/c1ccc(-c2ccc(Cl)c(Cl)c2)o1. The lowest BCUT2D eigenvalue weighted by molar-refractivity contribution is -0.130. The van der Waals surface area contributed by atoms with Crippen LogP contribution in [0.5, 0.6) is 0 Å². The van der Waals surface area contributed by atoms with Gasteiger partial charge in [-0.05, 0) is 66.7 Å². The molecule has 0 fully saturated rings. The molecule has 0 aliphatic carbocycles. The second kappa shape index (κ2) is 7.28. The maximum atomic E-state index is 12.1. The van der Waals surface area contributed by atoms with E-state index >= 15 is 0 Å². The van der Waals surface area contributed by atoms with Gasteiger partial charge in [0.2, 0.25) is 0 Å². The van der Waals surface area contributed by atoms with Crippen molar-refractivity contribution >= 4 is 52.6 Å². The van der Waals surface area contributed by atoms with Gasteiger partial charge in [-0.15, -0.1) is 0 Å². The number of carbonyl (C=O) groups excluding carboxylic acids is 1. The third-order valence-electron chi connectivity index (χ3n) is 3.98. The molecule has 2 aromatic carbocycles. The van der Waals surface area contributed by atoms with Crippen molar-refractivity contribution in [3.05, 3.63) is 92.6 Å². The molecular weight excluding hydrogens is 407 g/mol. The molecule has 0 N–H and O–H groups in total. The predicted molar refractivity (Wildman–Crippen MR) is 108 cm³/mol. The van der Waals surface area contributed by atoms with Crippen molar-refractivity contribution in [2.24, 2.45) is 0 Å². The Kier molecular flexibility index (Phi) is 4.83. The van der Waals surface area contributed by atoms with Crippen LogP contribution in [0.15, 0.2) is 70.7 Å². The van der Waals surface area contributed by atoms with Crippen LogP contribution in [-0.4, -0.2) is 5.97 Å². The summed E-state index contributed by atoms with van der Waals surface area (Å²) in [6.07, 6.45) is 3.30. The first-order valence-electron chi connectivity index (χ1n) is 7.96. The number of esters is 1. The molecule has 134 valence electrons. The number of hydrogen-bond donors (Lipinski definition) is 0. The Bertz CT molecular complexity index is 1090. The van der Waals surface area contributed by atoms with Crippen molar-refractivity contribution in [3.8, 4) is 11.3 Å². The van der Waals surface area contributed by atoms with E-state index < -0.39 is 5.97 Å². The number of ether oxygens (including phenoxy) is 1. The minimum Gasteiger partial charge on any atom is -0.457 e. The lowest BCUT2D eigenvalue weighted by atomic mass is 10.1. The van der Waals surface area contributed by atoms with Crippen LogP contribution >= 0.6 is 34.8 Å². The first kappa shape index (κ1) is 17.9. The largest absolute Gasteiger partial charge is 0.457 e. The van der Waals surface area contributed by atoms with E-state index in [9.17, 15) is 4.79 Å². The van der Waals surface area contributed by atoms with Gasteiger partial charge in [0, 0.05) is 16.1 Å². The van der Waals surface area contributed by atoms with E-state index in [2.05, 4.69) is 0 Å². The average molecular weight is 418 g/mol. The number of hydrogen-bond acceptors (Lipinski definition) is 3. The molecule has 3 aromatic rings. The molecule has 0 unspecified atom stereocenters. The van der Waals surface area contributed by atoms with Crippen molar-refractivity contribution in [1.82, 2.24) is 0 Å². The summed E-state index contributed by atoms with van der Waals surface area (Å²) in [7, 11) is 0. The summed E-state index contributed by atoms with van der Waals surface area (Å²) < 4.78 is 11.1. The van der Waals surface area contributed by atoms with Crippen LogP contribution in [0.25, 0.3) is 23.2 Å². The van der Waals surface area contributed by atoms with Crippen LogP contribution in [0, 0.1) is 0 Å². The summed E-state index contributed by atoms with van der Waals surface area (Å²) >= 11 is 17.9. The standard InChI is InChI=1S/C21H11Cl3O3/c22-15-4-1-12(2-5-15)20-11-14(21(25)27-20)9-16-6-8-19(26-16)13-3-7-17(23)18(24)10-13/h1-11H/b14-9-. The molecule has 0 bridgehead atoms. The molecule has 27 heavy (non-hydrogen) atoms. The summed E-state index contributed by atoms with van der Waals surface area (Å²) in [5, 5.41) is 1.54. The van der Waals surface area contributed by atoms with Crippen LogP contribution in [0.1, 0.15) is 11.3 Å². The molecular formula is C21H11Cl3O3. The highest BCUT2D eigenvalue weighted by molar-refractivity contribution is 6.42. The Hall–Kier alpha value is -2.46. The lowest BCUT2D eigenvalue weighted by Crippen LogP contribution is -1.96. The zero-order valence-electron chi connectivity index (χ0n) is 13.7. The number of carbonyl (C=O) groups is 1. The number of furan rings is 1. The van der Waals surface area contributed by atoms with Gasteiger partial charge in [-0.1, -0.05) is 34.8 Å². The molecule has 4 rings (SSSR count). The van der Waals surface area contributed by atoms with Crippen LogP contribution in [0.4, 0.5) is 0 Å². The van der Waals surface area contributed by atoms with Crippen LogP contribution < -0.4 is 0 Å². The summed E-state index contributed by atoms with van der Waals surface area (Å²) in [6.45, 7) is 0. The predicted octanol–water partition coefficient (Wildman–Crippen LogP) is 6.89. The molecule has 1 aromatic heterocycles. The fourth-order valence-corrected chi connectivity index (χ4v) is 3.06. The Morgan fingerprint density at radius 2 is 1.56 bits per heavy atom. The van der Waals surface area contributed by atoms with Gasteiger partial charge in [-0.25, -0.2) is 4.79 Å². The van der Waals surface area contributed by atoms with Crippen molar-refractivity contribution in [3.63, 3.8) is 0 Å². The van der Waals surface area contributed by atoms with Gasteiger partial charge in [0.1, 0.15) is 17.3 Å². The summed E-state index contributed by atoms with van der Waals surface area (Å²) in [5.74, 6) is 1.18. The van der Waals surface area contributed by atoms with Crippen LogP contribution in [0.3, 0.4) is 0 Å². The van der Waals surface area contributed by atoms with Crippen LogP contribution in [-0.2, 0) is 9.53 Å². The molecule has 0 saturated heterocycles. The van der Waals surface area contributed by atoms with Crippen LogP contribution in [0.2, 0.25) is 15.1 Å². The normalized spacial score (nSPS) is 15.1. The second-order valence-corrected chi connectivity index (χ2v) is 7.09. The lowest BCUT2D eigenvalue weighted by Gasteiger charge is -2.01. The number of benzene rings is 2. The quantitative estimate of drug-likeness (QED) is 0.344. The topological polar surface area (TPSA) is 39.4 Å². The Labute approximate surface area is 170 Å². The highest BCUT2D eigenvalue weighted by atomic mass is 35.5. The summed E-state index contributed by atoms with van der Waals surface area (Å²) in [4.78, 5) is 12.1. The Morgan fingerprint density at radius 3 is 2.30 bits per heavy atom. The zero-order valence-corrected chi connectivity index (χ0v) is 16.0. The van der Waals surface area contributed by atoms with Crippen molar-refractivity contribution in [2.45, 2.75) is 0 Å². The van der Waals surface area contributed by atoms with Gasteiger partial charge in [0.05, 0.1) is 15.6 Å². The van der Waals surface area contributed by atoms with E-state index in [0.717, 1.165) is 11.1 Å².